The van der Waals surface area contributed by atoms with Crippen LogP contribution in [-0.2, 0) is 34.0 Å². The second-order valence-electron chi connectivity index (χ2n) is 9.30. The summed E-state index contributed by atoms with van der Waals surface area (Å²) in [5.41, 5.74) is 0.866. The molecule has 2 aromatic carbocycles. The van der Waals surface area contributed by atoms with Gasteiger partial charge in [0.1, 0.15) is 6.10 Å². The summed E-state index contributed by atoms with van der Waals surface area (Å²) in [6.45, 7) is 1.45. The Balaban J connectivity index is 1.45. The van der Waals surface area contributed by atoms with E-state index in [-0.39, 0.29) is 32.0 Å². The monoisotopic (exact) mass is 504 g/mol. The highest BCUT2D eigenvalue weighted by Crippen LogP contribution is 2.35. The Morgan fingerprint density at radius 3 is 2.57 bits per heavy atom. The smallest absolute Gasteiger partial charge is 0.252 e. The lowest BCUT2D eigenvalue weighted by Gasteiger charge is -2.44. The zero-order chi connectivity index (χ0) is 26.1. The number of aliphatic hydroxyl groups is 2. The molecule has 1 amide bonds. The molecule has 1 fully saturated rings. The number of aryl methyl sites for hydroxylation is 1. The van der Waals surface area contributed by atoms with E-state index < -0.39 is 23.9 Å². The molecular weight excluding hydrogens is 472 g/mol. The number of carbonyl (C=O) groups is 1. The van der Waals surface area contributed by atoms with Crippen molar-refractivity contribution in [2.24, 2.45) is 0 Å². The summed E-state index contributed by atoms with van der Waals surface area (Å²) < 4.78 is 14.2. The lowest BCUT2D eigenvalue weighted by molar-refractivity contribution is -0.200. The quantitative estimate of drug-likeness (QED) is 0.342. The van der Waals surface area contributed by atoms with Crippen LogP contribution < -0.4 is 5.32 Å². The minimum absolute atomic E-state index is 0.0505. The van der Waals surface area contributed by atoms with Gasteiger partial charge in [0.25, 0.3) is 5.91 Å². The molecule has 1 aromatic heterocycles. The first-order chi connectivity index (χ1) is 18.0. The molecule has 3 N–H and O–H groups in total. The Labute approximate surface area is 216 Å². The van der Waals surface area contributed by atoms with Crippen LogP contribution in [0.5, 0.6) is 0 Å². The van der Waals surface area contributed by atoms with Crippen LogP contribution in [0, 0.1) is 11.3 Å². The lowest BCUT2D eigenvalue weighted by atomic mass is 9.78. The van der Waals surface area contributed by atoms with Crippen LogP contribution in [0.1, 0.15) is 36.0 Å². The summed E-state index contributed by atoms with van der Waals surface area (Å²) in [7, 11) is 0. The summed E-state index contributed by atoms with van der Waals surface area (Å²) in [5.74, 6) is -0.341. The Kier molecular flexibility index (Phi) is 9.04. The third-order valence-corrected chi connectivity index (χ3v) is 6.60. The molecule has 0 spiro atoms. The van der Waals surface area contributed by atoms with Crippen molar-refractivity contribution in [3.05, 3.63) is 90.0 Å². The molecule has 1 unspecified atom stereocenters. The van der Waals surface area contributed by atoms with Gasteiger partial charge in [0.05, 0.1) is 43.4 Å². The Morgan fingerprint density at radius 2 is 1.86 bits per heavy atom. The number of rotatable bonds is 11. The van der Waals surface area contributed by atoms with E-state index in [2.05, 4.69) is 16.4 Å². The highest BCUT2D eigenvalue weighted by Gasteiger charge is 2.51. The van der Waals surface area contributed by atoms with Crippen LogP contribution in [0.25, 0.3) is 0 Å². The van der Waals surface area contributed by atoms with E-state index in [1.165, 1.54) is 0 Å². The summed E-state index contributed by atoms with van der Waals surface area (Å²) in [4.78, 5) is 17.5. The van der Waals surface area contributed by atoms with Gasteiger partial charge in [-0.1, -0.05) is 42.5 Å². The fourth-order valence-corrected chi connectivity index (χ4v) is 4.48. The fourth-order valence-electron chi connectivity index (χ4n) is 4.48. The Morgan fingerprint density at radius 1 is 1.11 bits per heavy atom. The Hall–Kier alpha value is -3.55. The van der Waals surface area contributed by atoms with Gasteiger partial charge >= 0.3 is 0 Å². The first-order valence-electron chi connectivity index (χ1n) is 12.4. The Bertz CT molecular complexity index is 1160. The first kappa shape index (κ1) is 26.5. The molecule has 0 radical (unpaired) electrons. The molecule has 4 rings (SSSR count). The van der Waals surface area contributed by atoms with Crippen LogP contribution >= 0.6 is 0 Å². The maximum atomic E-state index is 13.5. The van der Waals surface area contributed by atoms with Gasteiger partial charge in [0.2, 0.25) is 0 Å². The van der Waals surface area contributed by atoms with Crippen molar-refractivity contribution < 1.29 is 24.5 Å². The molecule has 1 heterocycles. The van der Waals surface area contributed by atoms with Crippen LogP contribution in [0.3, 0.4) is 0 Å². The van der Waals surface area contributed by atoms with Gasteiger partial charge in [0, 0.05) is 38.3 Å². The zero-order valence-electron chi connectivity index (χ0n) is 20.6. The van der Waals surface area contributed by atoms with E-state index in [1.54, 1.807) is 36.8 Å². The molecular formula is C28H32N4O5. The molecule has 0 saturated heterocycles. The van der Waals surface area contributed by atoms with Gasteiger partial charge < -0.3 is 29.6 Å². The highest BCUT2D eigenvalue weighted by molar-refractivity contribution is 5.85. The van der Waals surface area contributed by atoms with E-state index in [4.69, 9.17) is 14.7 Å². The number of nitrogens with one attached hydrogen (secondary N) is 1. The molecule has 0 aliphatic heterocycles. The second-order valence-corrected chi connectivity index (χ2v) is 9.30. The number of benzene rings is 2. The molecule has 9 nitrogen and oxygen atoms in total. The number of hydrogen-bond acceptors (Lipinski definition) is 7. The summed E-state index contributed by atoms with van der Waals surface area (Å²) >= 11 is 0. The average molecular weight is 505 g/mol. The van der Waals surface area contributed by atoms with Gasteiger partial charge in [-0.2, -0.15) is 5.26 Å². The number of aliphatic hydroxyl groups excluding tert-OH is 2. The SMILES string of the molecule is N#Cc1ccc(COC2C[C@](OCc3ccccc3)(C(=O)NCCCn3ccnc3)C[C@@H](O)[C@H]2O)cc1. The van der Waals surface area contributed by atoms with E-state index in [0.717, 1.165) is 11.1 Å². The topological polar surface area (TPSA) is 130 Å². The van der Waals surface area contributed by atoms with E-state index >= 15 is 0 Å². The number of ether oxygens (including phenoxy) is 2. The third-order valence-electron chi connectivity index (χ3n) is 6.60. The first-order valence-corrected chi connectivity index (χ1v) is 12.4. The largest absolute Gasteiger partial charge is 0.390 e. The number of carbonyl (C=O) groups excluding carboxylic acids is 1. The average Bonchev–Trinajstić information content (AvgIpc) is 3.45. The van der Waals surface area contributed by atoms with Crippen molar-refractivity contribution in [1.82, 2.24) is 14.9 Å². The molecule has 4 atom stereocenters. The van der Waals surface area contributed by atoms with Gasteiger partial charge in [-0.05, 0) is 29.7 Å². The van der Waals surface area contributed by atoms with Crippen LogP contribution in [-0.4, -0.2) is 56.1 Å². The molecule has 1 saturated carbocycles. The van der Waals surface area contributed by atoms with Gasteiger partial charge in [-0.25, -0.2) is 4.98 Å². The number of nitrogens with zero attached hydrogens (tertiary/aromatic N) is 3. The number of nitriles is 1. The van der Waals surface area contributed by atoms with E-state index in [9.17, 15) is 15.0 Å². The molecule has 37 heavy (non-hydrogen) atoms. The number of aromatic nitrogens is 2. The van der Waals surface area contributed by atoms with E-state index in [0.29, 0.717) is 25.1 Å². The van der Waals surface area contributed by atoms with Crippen molar-refractivity contribution >= 4 is 5.91 Å². The van der Waals surface area contributed by atoms with Gasteiger partial charge in [0.15, 0.2) is 5.60 Å². The number of amides is 1. The van der Waals surface area contributed by atoms with Crippen molar-refractivity contribution in [2.75, 3.05) is 6.54 Å². The maximum Gasteiger partial charge on any atom is 0.252 e. The fraction of sp³-hybridized carbons (Fsp3) is 0.393. The van der Waals surface area contributed by atoms with Crippen molar-refractivity contribution in [1.29, 1.82) is 5.26 Å². The van der Waals surface area contributed by atoms with Crippen LogP contribution in [0.2, 0.25) is 0 Å². The summed E-state index contributed by atoms with van der Waals surface area (Å²) in [5, 5.41) is 33.4. The molecule has 194 valence electrons. The summed E-state index contributed by atoms with van der Waals surface area (Å²) in [6.07, 6.45) is 2.83. The highest BCUT2D eigenvalue weighted by atomic mass is 16.5. The van der Waals surface area contributed by atoms with Crippen molar-refractivity contribution in [2.45, 2.75) is 62.9 Å². The molecule has 0 bridgehead atoms. The number of imidazole rings is 1. The maximum absolute atomic E-state index is 13.5. The second kappa shape index (κ2) is 12.6. The van der Waals surface area contributed by atoms with Crippen LogP contribution in [0.15, 0.2) is 73.3 Å². The van der Waals surface area contributed by atoms with E-state index in [1.807, 2.05) is 41.1 Å². The minimum atomic E-state index is -1.38. The predicted molar refractivity (Wildman–Crippen MR) is 135 cm³/mol. The normalized spacial score (nSPS) is 23.3. The standard InChI is InChI=1S/C28H32N4O5/c29-17-21-7-9-23(10-8-21)18-36-25-16-28(15-24(33)26(25)34,37-19-22-5-2-1-3-6-22)27(35)31-11-4-13-32-14-12-30-20-32/h1-3,5-10,12,14,20,24-26,33-34H,4,11,13,15-16,18-19H2,(H,31,35)/t24-,25?,26-,28+/m1/s1. The molecule has 1 aliphatic rings. The predicted octanol–water partition coefficient (Wildman–Crippen LogP) is 2.32. The van der Waals surface area contributed by atoms with Gasteiger partial charge in [-0.15, -0.1) is 0 Å². The minimum Gasteiger partial charge on any atom is -0.390 e. The summed E-state index contributed by atoms with van der Waals surface area (Å²) in [6, 6.07) is 18.5. The zero-order valence-corrected chi connectivity index (χ0v) is 20.6. The third kappa shape index (κ3) is 7.02. The number of hydrogen-bond donors (Lipinski definition) is 3. The molecule has 1 aliphatic carbocycles. The van der Waals surface area contributed by atoms with Crippen LogP contribution in [0.4, 0.5) is 0 Å². The van der Waals surface area contributed by atoms with Gasteiger partial charge in [-0.3, -0.25) is 4.79 Å². The molecule has 3 aromatic rings. The molecule has 9 heteroatoms. The van der Waals surface area contributed by atoms with Crippen molar-refractivity contribution in [3.8, 4) is 6.07 Å². The van der Waals surface area contributed by atoms with Crippen molar-refractivity contribution in [3.63, 3.8) is 0 Å². The lowest BCUT2D eigenvalue weighted by Crippen LogP contribution is -2.60.